The van der Waals surface area contributed by atoms with E-state index in [0.717, 1.165) is 0 Å². The number of fused-ring (bicyclic) bond motifs is 1. The van der Waals surface area contributed by atoms with Gasteiger partial charge in [-0.05, 0) is 46.0 Å². The van der Waals surface area contributed by atoms with Crippen molar-refractivity contribution in [2.24, 2.45) is 17.8 Å². The molecule has 0 aromatic heterocycles. The van der Waals surface area contributed by atoms with Gasteiger partial charge in [-0.25, -0.2) is 0 Å². The number of hydrogen-bond donors (Lipinski definition) is 7. The minimum absolute atomic E-state index is 0.0184. The highest BCUT2D eigenvalue weighted by molar-refractivity contribution is 5.89. The van der Waals surface area contributed by atoms with Crippen molar-refractivity contribution in [2.45, 2.75) is 94.0 Å². The topological polar surface area (TPSA) is 177 Å². The van der Waals surface area contributed by atoms with Crippen LogP contribution >= 0.6 is 0 Å². The van der Waals surface area contributed by atoms with Crippen LogP contribution in [0.4, 0.5) is 0 Å². The third-order valence-corrected chi connectivity index (χ3v) is 7.86. The molecule has 3 rings (SSSR count). The molecule has 0 aromatic rings. The summed E-state index contributed by atoms with van der Waals surface area (Å²) in [6, 6.07) is 0. The van der Waals surface area contributed by atoms with E-state index in [1.54, 1.807) is 13.8 Å². The Labute approximate surface area is 181 Å². The fraction of sp³-hybridized carbons (Fsp3) is 0.952. The summed E-state index contributed by atoms with van der Waals surface area (Å²) < 4.78 is 11.5. The fourth-order valence-corrected chi connectivity index (χ4v) is 5.53. The van der Waals surface area contributed by atoms with Crippen molar-refractivity contribution in [3.63, 3.8) is 0 Å². The molecule has 8 unspecified atom stereocenters. The molecule has 0 bridgehead atoms. The van der Waals surface area contributed by atoms with E-state index in [-0.39, 0.29) is 24.5 Å². The van der Waals surface area contributed by atoms with Gasteiger partial charge < -0.3 is 45.2 Å². The normalized spacial score (nSPS) is 49.0. The second-order valence-electron chi connectivity index (χ2n) is 10.1. The number of carbonyl (C=O) groups is 1. The molecule has 2 aliphatic carbocycles. The van der Waals surface area contributed by atoms with E-state index in [1.165, 1.54) is 6.92 Å². The lowest BCUT2D eigenvalue weighted by atomic mass is 9.74. The molecule has 0 amide bonds. The molecule has 0 aromatic carbocycles. The zero-order valence-corrected chi connectivity index (χ0v) is 18.2. The van der Waals surface area contributed by atoms with E-state index in [9.17, 15) is 40.5 Å². The Morgan fingerprint density at radius 2 is 1.74 bits per heavy atom. The summed E-state index contributed by atoms with van der Waals surface area (Å²) in [4.78, 5) is 12.4. The molecule has 10 nitrogen and oxygen atoms in total. The molecular formula is C21H36O10. The average molecular weight is 449 g/mol. The summed E-state index contributed by atoms with van der Waals surface area (Å²) in [6.45, 7) is 3.81. The maximum atomic E-state index is 12.4. The van der Waals surface area contributed by atoms with Crippen molar-refractivity contribution in [3.05, 3.63) is 0 Å². The summed E-state index contributed by atoms with van der Waals surface area (Å²) in [5.74, 6) is -1.86. The van der Waals surface area contributed by atoms with Crippen molar-refractivity contribution in [1.29, 1.82) is 0 Å². The zero-order chi connectivity index (χ0) is 23.4. The van der Waals surface area contributed by atoms with E-state index in [4.69, 9.17) is 9.47 Å². The monoisotopic (exact) mass is 448 g/mol. The van der Waals surface area contributed by atoms with Crippen LogP contribution in [0.5, 0.6) is 0 Å². The molecule has 31 heavy (non-hydrogen) atoms. The van der Waals surface area contributed by atoms with E-state index in [2.05, 4.69) is 0 Å². The highest BCUT2D eigenvalue weighted by atomic mass is 16.7. The van der Waals surface area contributed by atoms with E-state index >= 15 is 0 Å². The van der Waals surface area contributed by atoms with Crippen LogP contribution in [0.1, 0.15) is 46.5 Å². The van der Waals surface area contributed by atoms with Crippen LogP contribution in [0.15, 0.2) is 0 Å². The van der Waals surface area contributed by atoms with Gasteiger partial charge in [-0.1, -0.05) is 0 Å². The fourth-order valence-electron chi connectivity index (χ4n) is 5.53. The predicted octanol–water partition coefficient (Wildman–Crippen LogP) is -1.94. The van der Waals surface area contributed by atoms with Gasteiger partial charge in [0.05, 0.1) is 24.4 Å². The van der Waals surface area contributed by atoms with Gasteiger partial charge in [0, 0.05) is 18.3 Å². The molecule has 10 heteroatoms. The number of ketones is 1. The van der Waals surface area contributed by atoms with Crippen molar-refractivity contribution in [2.75, 3.05) is 13.2 Å². The Bertz CT molecular complexity index is 665. The van der Waals surface area contributed by atoms with Crippen molar-refractivity contribution >= 4 is 5.78 Å². The van der Waals surface area contributed by atoms with Crippen LogP contribution in [-0.4, -0.2) is 102 Å². The first-order valence-electron chi connectivity index (χ1n) is 10.9. The molecule has 1 saturated heterocycles. The van der Waals surface area contributed by atoms with Crippen molar-refractivity contribution < 1.29 is 50.0 Å². The molecule has 7 N–H and O–H groups in total. The molecule has 3 fully saturated rings. The zero-order valence-electron chi connectivity index (χ0n) is 18.2. The number of aliphatic hydroxyl groups is 7. The van der Waals surface area contributed by atoms with E-state index in [1.807, 2.05) is 0 Å². The summed E-state index contributed by atoms with van der Waals surface area (Å²) in [5.41, 5.74) is -4.15. The van der Waals surface area contributed by atoms with Crippen LogP contribution < -0.4 is 0 Å². The highest BCUT2D eigenvalue weighted by Gasteiger charge is 2.60. The number of Topliss-reactive ketones (excluding diaryl/α,β-unsaturated/α-hetero) is 1. The Morgan fingerprint density at radius 3 is 2.32 bits per heavy atom. The Balaban J connectivity index is 1.83. The summed E-state index contributed by atoms with van der Waals surface area (Å²) >= 11 is 0. The average Bonchev–Trinajstić information content (AvgIpc) is 2.84. The van der Waals surface area contributed by atoms with Gasteiger partial charge in [-0.3, -0.25) is 4.79 Å². The quantitative estimate of drug-likeness (QED) is 0.250. The van der Waals surface area contributed by atoms with Crippen LogP contribution in [-0.2, 0) is 14.3 Å². The third-order valence-electron chi connectivity index (χ3n) is 7.86. The van der Waals surface area contributed by atoms with Crippen LogP contribution in [0, 0.1) is 17.8 Å². The Morgan fingerprint density at radius 1 is 1.10 bits per heavy atom. The molecule has 0 radical (unpaired) electrons. The number of carbonyl (C=O) groups excluding carboxylic acids is 1. The van der Waals surface area contributed by atoms with Crippen LogP contribution in [0.25, 0.3) is 0 Å². The molecule has 2 saturated carbocycles. The first-order valence-corrected chi connectivity index (χ1v) is 10.9. The smallest absolute Gasteiger partial charge is 0.187 e. The second kappa shape index (κ2) is 8.58. The predicted molar refractivity (Wildman–Crippen MR) is 106 cm³/mol. The lowest BCUT2D eigenvalue weighted by Gasteiger charge is -2.45. The van der Waals surface area contributed by atoms with Crippen LogP contribution in [0.3, 0.4) is 0 Å². The number of rotatable bonds is 5. The first kappa shape index (κ1) is 24.9. The van der Waals surface area contributed by atoms with Gasteiger partial charge in [-0.15, -0.1) is 0 Å². The largest absolute Gasteiger partial charge is 0.394 e. The maximum Gasteiger partial charge on any atom is 0.187 e. The Hall–Kier alpha value is -0.690. The molecule has 0 spiro atoms. The molecule has 3 aliphatic rings. The molecule has 180 valence electrons. The van der Waals surface area contributed by atoms with Crippen molar-refractivity contribution in [1.82, 2.24) is 0 Å². The van der Waals surface area contributed by atoms with E-state index in [0.29, 0.717) is 12.8 Å². The van der Waals surface area contributed by atoms with Crippen molar-refractivity contribution in [3.8, 4) is 0 Å². The van der Waals surface area contributed by atoms with E-state index < -0.39 is 72.6 Å². The lowest BCUT2D eigenvalue weighted by Crippen LogP contribution is -2.61. The standard InChI is InChI=1S/C21H36O10/c1-19(2,31-18-17(27)16(26)15(25)13(8-22)30-18)10-4-5-21(29,9-23)12-7-14(24)20(3,28)11(12)6-10/h10-13,15-18,22-23,25-29H,4-9H2,1-3H3/t10?,11?,12?,13?,15?,16?,17?,18?,20-,21-/m0/s1. The maximum absolute atomic E-state index is 12.4. The minimum atomic E-state index is -1.64. The SMILES string of the molecule is CC(C)(OC1OC(CO)C(O)C(O)C1O)C1CC[C@](O)(CO)C2CC(=O)[C@@](C)(O)C2C1. The van der Waals surface area contributed by atoms with Gasteiger partial charge in [-0.2, -0.15) is 0 Å². The molecule has 10 atom stereocenters. The van der Waals surface area contributed by atoms with Crippen LogP contribution in [0.2, 0.25) is 0 Å². The van der Waals surface area contributed by atoms with Gasteiger partial charge >= 0.3 is 0 Å². The lowest BCUT2D eigenvalue weighted by molar-refractivity contribution is -0.329. The number of ether oxygens (including phenoxy) is 2. The van der Waals surface area contributed by atoms with Gasteiger partial charge in [0.2, 0.25) is 0 Å². The second-order valence-corrected chi connectivity index (χ2v) is 10.1. The third kappa shape index (κ3) is 4.30. The Kier molecular flexibility index (Phi) is 6.91. The first-order chi connectivity index (χ1) is 14.3. The summed E-state index contributed by atoms with van der Waals surface area (Å²) in [7, 11) is 0. The number of aliphatic hydroxyl groups excluding tert-OH is 5. The molecular weight excluding hydrogens is 412 g/mol. The molecule has 1 aliphatic heterocycles. The summed E-state index contributed by atoms with van der Waals surface area (Å²) in [5, 5.41) is 71.5. The highest BCUT2D eigenvalue weighted by Crippen LogP contribution is 2.52. The number of hydrogen-bond acceptors (Lipinski definition) is 10. The van der Waals surface area contributed by atoms with Gasteiger partial charge in [0.15, 0.2) is 12.1 Å². The van der Waals surface area contributed by atoms with Gasteiger partial charge in [0.25, 0.3) is 0 Å². The minimum Gasteiger partial charge on any atom is -0.394 e. The molecule has 1 heterocycles. The van der Waals surface area contributed by atoms with Gasteiger partial charge in [0.1, 0.15) is 30.0 Å². The summed E-state index contributed by atoms with van der Waals surface area (Å²) in [6.07, 6.45) is -6.14.